The second-order valence-corrected chi connectivity index (χ2v) is 3.79. The van der Waals surface area contributed by atoms with Crippen LogP contribution in [0.25, 0.3) is 0 Å². The van der Waals surface area contributed by atoms with Crippen molar-refractivity contribution in [3.05, 3.63) is 12.5 Å². The van der Waals surface area contributed by atoms with Gasteiger partial charge in [-0.05, 0) is 6.42 Å². The van der Waals surface area contributed by atoms with Crippen molar-refractivity contribution in [2.45, 2.75) is 24.9 Å². The molecule has 1 aromatic rings. The molecule has 0 aliphatic carbocycles. The first-order valence-electron chi connectivity index (χ1n) is 3.53. The first kappa shape index (κ1) is 9.21. The van der Waals surface area contributed by atoms with Crippen LogP contribution in [0.1, 0.15) is 13.3 Å². The third-order valence-corrected chi connectivity index (χ3v) is 2.10. The highest BCUT2D eigenvalue weighted by Gasteiger charge is 2.12. The molecule has 6 heteroatoms. The van der Waals surface area contributed by atoms with Crippen molar-refractivity contribution in [2.24, 2.45) is 0 Å². The van der Waals surface area contributed by atoms with Crippen LogP contribution in [0.3, 0.4) is 0 Å². The van der Waals surface area contributed by atoms with Crippen LogP contribution in [0.15, 0.2) is 17.6 Å². The van der Waals surface area contributed by atoms with Gasteiger partial charge in [-0.25, -0.2) is 4.98 Å². The summed E-state index contributed by atoms with van der Waals surface area (Å²) in [7, 11) is -4.13. The zero-order valence-corrected chi connectivity index (χ0v) is 7.45. The van der Waals surface area contributed by atoms with E-state index in [1.54, 1.807) is 4.57 Å². The van der Waals surface area contributed by atoms with E-state index in [9.17, 15) is 8.42 Å². The van der Waals surface area contributed by atoms with E-state index in [0.717, 1.165) is 6.42 Å². The molecule has 1 N–H and O–H groups in total. The molecule has 0 aliphatic rings. The van der Waals surface area contributed by atoms with Crippen LogP contribution in [0.4, 0.5) is 0 Å². The Morgan fingerprint density at radius 2 is 2.33 bits per heavy atom. The lowest BCUT2D eigenvalue weighted by Gasteiger charge is -1.94. The van der Waals surface area contributed by atoms with E-state index >= 15 is 0 Å². The van der Waals surface area contributed by atoms with Crippen molar-refractivity contribution in [3.8, 4) is 0 Å². The number of nitrogens with zero attached hydrogens (tertiary/aromatic N) is 2. The molecule has 0 saturated heterocycles. The molecule has 1 aromatic heterocycles. The van der Waals surface area contributed by atoms with Crippen molar-refractivity contribution in [1.82, 2.24) is 9.55 Å². The molecule has 0 aromatic carbocycles. The van der Waals surface area contributed by atoms with E-state index in [2.05, 4.69) is 4.98 Å². The van der Waals surface area contributed by atoms with Crippen molar-refractivity contribution >= 4 is 10.1 Å². The van der Waals surface area contributed by atoms with Crippen LogP contribution in [0, 0.1) is 0 Å². The van der Waals surface area contributed by atoms with Gasteiger partial charge in [0.2, 0.25) is 0 Å². The molecule has 0 saturated carbocycles. The Hall–Kier alpha value is -0.880. The summed E-state index contributed by atoms with van der Waals surface area (Å²) < 4.78 is 31.2. The van der Waals surface area contributed by atoms with E-state index in [-0.39, 0.29) is 5.03 Å². The SMILES string of the molecule is CCCn1cnc(S(=O)(=O)O)c1. The molecule has 0 fully saturated rings. The van der Waals surface area contributed by atoms with Gasteiger partial charge < -0.3 is 4.57 Å². The van der Waals surface area contributed by atoms with Gasteiger partial charge in [-0.2, -0.15) is 8.42 Å². The third-order valence-electron chi connectivity index (χ3n) is 1.36. The second-order valence-electron chi connectivity index (χ2n) is 2.42. The molecule has 0 radical (unpaired) electrons. The minimum atomic E-state index is -4.13. The Labute approximate surface area is 70.8 Å². The Bertz CT molecular complexity index is 355. The highest BCUT2D eigenvalue weighted by atomic mass is 32.2. The lowest BCUT2D eigenvalue weighted by molar-refractivity contribution is 0.479. The molecular weight excluding hydrogens is 180 g/mol. The van der Waals surface area contributed by atoms with E-state index < -0.39 is 10.1 Å². The molecule has 0 aliphatic heterocycles. The molecule has 5 nitrogen and oxygen atoms in total. The number of hydrogen-bond donors (Lipinski definition) is 1. The monoisotopic (exact) mass is 190 g/mol. The summed E-state index contributed by atoms with van der Waals surface area (Å²) in [5.41, 5.74) is 0. The largest absolute Gasteiger partial charge is 0.336 e. The summed E-state index contributed by atoms with van der Waals surface area (Å²) in [6, 6.07) is 0. The molecule has 1 rings (SSSR count). The van der Waals surface area contributed by atoms with Crippen molar-refractivity contribution in [2.75, 3.05) is 0 Å². The van der Waals surface area contributed by atoms with Gasteiger partial charge in [-0.15, -0.1) is 0 Å². The summed E-state index contributed by atoms with van der Waals surface area (Å²) in [6.45, 7) is 2.66. The highest BCUT2D eigenvalue weighted by Crippen LogP contribution is 2.04. The molecule has 0 unspecified atom stereocenters. The van der Waals surface area contributed by atoms with E-state index in [0.29, 0.717) is 6.54 Å². The van der Waals surface area contributed by atoms with Gasteiger partial charge in [0.05, 0.1) is 6.33 Å². The van der Waals surface area contributed by atoms with Crippen LogP contribution >= 0.6 is 0 Å². The standard InChI is InChI=1S/C6H10N2O3S/c1-2-3-8-4-6(7-5-8)12(9,10)11/h4-5H,2-3H2,1H3,(H,9,10,11). The molecule has 68 valence electrons. The fourth-order valence-corrected chi connectivity index (χ4v) is 1.30. The number of aromatic nitrogens is 2. The molecular formula is C6H10N2O3S. The van der Waals surface area contributed by atoms with Gasteiger partial charge >= 0.3 is 10.1 Å². The maximum atomic E-state index is 10.5. The van der Waals surface area contributed by atoms with Crippen LogP contribution in [0.2, 0.25) is 0 Å². The van der Waals surface area contributed by atoms with E-state index in [4.69, 9.17) is 4.55 Å². The minimum Gasteiger partial charge on any atom is -0.336 e. The molecule has 0 spiro atoms. The number of aryl methyl sites for hydroxylation is 1. The quantitative estimate of drug-likeness (QED) is 0.706. The fraction of sp³-hybridized carbons (Fsp3) is 0.500. The Balaban J connectivity index is 2.92. The predicted molar refractivity (Wildman–Crippen MR) is 42.3 cm³/mol. The van der Waals surface area contributed by atoms with Crippen LogP contribution < -0.4 is 0 Å². The fourth-order valence-electron chi connectivity index (χ4n) is 0.853. The minimum absolute atomic E-state index is 0.295. The van der Waals surface area contributed by atoms with Crippen LogP contribution in [-0.2, 0) is 16.7 Å². The van der Waals surface area contributed by atoms with Crippen molar-refractivity contribution < 1.29 is 13.0 Å². The summed E-state index contributed by atoms with van der Waals surface area (Å²) in [4.78, 5) is 3.53. The van der Waals surface area contributed by atoms with Crippen molar-refractivity contribution in [3.63, 3.8) is 0 Å². The lowest BCUT2D eigenvalue weighted by atomic mass is 10.5. The zero-order valence-electron chi connectivity index (χ0n) is 6.64. The molecule has 12 heavy (non-hydrogen) atoms. The number of hydrogen-bond acceptors (Lipinski definition) is 3. The average molecular weight is 190 g/mol. The van der Waals surface area contributed by atoms with E-state index in [1.807, 2.05) is 6.92 Å². The Morgan fingerprint density at radius 3 is 2.75 bits per heavy atom. The number of rotatable bonds is 3. The van der Waals surface area contributed by atoms with Gasteiger partial charge in [-0.1, -0.05) is 6.92 Å². The summed E-state index contributed by atoms with van der Waals surface area (Å²) in [6.07, 6.45) is 3.58. The van der Waals surface area contributed by atoms with Gasteiger partial charge in [0.25, 0.3) is 0 Å². The molecule has 1 heterocycles. The average Bonchev–Trinajstić information content (AvgIpc) is 2.35. The normalized spacial score (nSPS) is 11.8. The first-order valence-corrected chi connectivity index (χ1v) is 4.97. The maximum absolute atomic E-state index is 10.5. The van der Waals surface area contributed by atoms with Crippen LogP contribution in [0.5, 0.6) is 0 Å². The Kier molecular flexibility index (Phi) is 2.49. The molecule has 0 amide bonds. The summed E-state index contributed by atoms with van der Waals surface area (Å²) in [5, 5.41) is -0.295. The first-order chi connectivity index (χ1) is 5.54. The van der Waals surface area contributed by atoms with E-state index in [1.165, 1.54) is 12.5 Å². The van der Waals surface area contributed by atoms with Crippen molar-refractivity contribution in [1.29, 1.82) is 0 Å². The summed E-state index contributed by atoms with van der Waals surface area (Å²) in [5.74, 6) is 0. The smallest absolute Gasteiger partial charge is 0.313 e. The van der Waals surface area contributed by atoms with Crippen LogP contribution in [-0.4, -0.2) is 22.5 Å². The number of imidazole rings is 1. The third kappa shape index (κ3) is 2.05. The van der Waals surface area contributed by atoms with Gasteiger partial charge in [0.1, 0.15) is 0 Å². The maximum Gasteiger partial charge on any atom is 0.313 e. The zero-order chi connectivity index (χ0) is 9.19. The molecule has 0 atom stereocenters. The predicted octanol–water partition coefficient (Wildman–Crippen LogP) is 0.540. The molecule has 0 bridgehead atoms. The summed E-state index contributed by atoms with van der Waals surface area (Å²) >= 11 is 0. The highest BCUT2D eigenvalue weighted by molar-refractivity contribution is 7.85. The van der Waals surface area contributed by atoms with Gasteiger partial charge in [0, 0.05) is 12.7 Å². The van der Waals surface area contributed by atoms with Gasteiger partial charge in [0.15, 0.2) is 5.03 Å². The topological polar surface area (TPSA) is 72.2 Å². The second kappa shape index (κ2) is 3.24. The Morgan fingerprint density at radius 1 is 1.67 bits per heavy atom. The van der Waals surface area contributed by atoms with Gasteiger partial charge in [-0.3, -0.25) is 4.55 Å². The lowest BCUT2D eigenvalue weighted by Crippen LogP contribution is -1.98.